The Kier molecular flexibility index (Phi) is 4.45. The molecular weight excluding hydrogens is 96.1 g/mol. The summed E-state index contributed by atoms with van der Waals surface area (Å²) in [6, 6.07) is 0. The Morgan fingerprint density at radius 2 is 2.12 bits per heavy atom. The van der Waals surface area contributed by atoms with Gasteiger partial charge < -0.3 is 0 Å². The summed E-state index contributed by atoms with van der Waals surface area (Å²) in [6.07, 6.45) is 2.10. The first kappa shape index (κ1) is 7.56. The number of rotatable bonds is 2. The molecule has 0 saturated heterocycles. The number of hydrogen-bond acceptors (Lipinski definition) is 0. The van der Waals surface area contributed by atoms with Crippen molar-refractivity contribution < 1.29 is 0 Å². The van der Waals surface area contributed by atoms with Crippen molar-refractivity contribution in [2.75, 3.05) is 0 Å². The van der Waals surface area contributed by atoms with Crippen LogP contribution in [0, 0.1) is 24.7 Å². The summed E-state index contributed by atoms with van der Waals surface area (Å²) in [5.41, 5.74) is 0. The Labute approximate surface area is 52.3 Å². The molecule has 0 amide bonds. The van der Waals surface area contributed by atoms with E-state index in [0.29, 0.717) is 0 Å². The summed E-state index contributed by atoms with van der Waals surface area (Å²) in [6.45, 7) is 9.31. The second-order valence-corrected chi connectivity index (χ2v) is 2.25. The van der Waals surface area contributed by atoms with E-state index >= 15 is 0 Å². The van der Waals surface area contributed by atoms with E-state index in [1.54, 1.807) is 0 Å². The number of hydrogen-bond donors (Lipinski definition) is 0. The quantitative estimate of drug-likeness (QED) is 0.475. The summed E-state index contributed by atoms with van der Waals surface area (Å²) >= 11 is 0. The fourth-order valence-corrected chi connectivity index (χ4v) is 0.433. The maximum atomic E-state index is 4.95. The maximum Gasteiger partial charge on any atom is 0.0503 e. The standard InChI is InChI=1S/C8H12/c1-4-5-6-7-8(2)3/h1,8H,6-7H2,2-3H3. The lowest BCUT2D eigenvalue weighted by atomic mass is 10.1. The molecule has 0 unspecified atom stereocenters. The molecule has 0 heteroatoms. The third kappa shape index (κ3) is 5.56. The van der Waals surface area contributed by atoms with E-state index in [1.807, 2.05) is 0 Å². The molecule has 0 fully saturated rings. The molecule has 0 heterocycles. The van der Waals surface area contributed by atoms with Gasteiger partial charge in [0.2, 0.25) is 0 Å². The van der Waals surface area contributed by atoms with Crippen molar-refractivity contribution in [3.05, 3.63) is 6.92 Å². The van der Waals surface area contributed by atoms with Gasteiger partial charge >= 0.3 is 0 Å². The van der Waals surface area contributed by atoms with Crippen molar-refractivity contribution in [2.45, 2.75) is 26.7 Å². The Bertz CT molecular complexity index is 90.3. The molecule has 0 aromatic heterocycles. The molecule has 0 spiro atoms. The minimum absolute atomic E-state index is 0.746. The van der Waals surface area contributed by atoms with E-state index in [4.69, 9.17) is 6.92 Å². The summed E-state index contributed by atoms with van der Waals surface area (Å²) in [5.74, 6) is 5.93. The highest BCUT2D eigenvalue weighted by atomic mass is 13.9. The SMILES string of the molecule is [CH]C#CCCC(C)C. The monoisotopic (exact) mass is 108 g/mol. The van der Waals surface area contributed by atoms with Gasteiger partial charge in [-0.2, -0.15) is 0 Å². The molecule has 44 valence electrons. The van der Waals surface area contributed by atoms with E-state index in [0.717, 1.165) is 18.8 Å². The molecule has 0 aromatic carbocycles. The minimum Gasteiger partial charge on any atom is -0.103 e. The van der Waals surface area contributed by atoms with Gasteiger partial charge in [-0.1, -0.05) is 19.8 Å². The van der Waals surface area contributed by atoms with Crippen LogP contribution in [0.2, 0.25) is 0 Å². The van der Waals surface area contributed by atoms with E-state index < -0.39 is 0 Å². The average molecular weight is 108 g/mol. The Morgan fingerprint density at radius 1 is 1.50 bits per heavy atom. The normalized spacial score (nSPS) is 8.50. The van der Waals surface area contributed by atoms with E-state index in [9.17, 15) is 0 Å². The highest BCUT2D eigenvalue weighted by Gasteiger charge is 1.87. The molecule has 0 bridgehead atoms. The van der Waals surface area contributed by atoms with Crippen LogP contribution in [0.4, 0.5) is 0 Å². The van der Waals surface area contributed by atoms with E-state index in [2.05, 4.69) is 25.7 Å². The lowest BCUT2D eigenvalue weighted by molar-refractivity contribution is 0.600. The first-order valence-corrected chi connectivity index (χ1v) is 2.96. The van der Waals surface area contributed by atoms with E-state index in [-0.39, 0.29) is 0 Å². The highest BCUT2D eigenvalue weighted by molar-refractivity contribution is 5.00. The van der Waals surface area contributed by atoms with E-state index in [1.165, 1.54) is 0 Å². The van der Waals surface area contributed by atoms with Crippen molar-refractivity contribution in [1.29, 1.82) is 0 Å². The summed E-state index contributed by atoms with van der Waals surface area (Å²) in [7, 11) is 0. The van der Waals surface area contributed by atoms with Crippen molar-refractivity contribution in [2.24, 2.45) is 5.92 Å². The molecular formula is C8H12. The second-order valence-electron chi connectivity index (χ2n) is 2.25. The molecule has 0 aromatic rings. The van der Waals surface area contributed by atoms with Crippen LogP contribution in [0.5, 0.6) is 0 Å². The molecule has 0 N–H and O–H groups in total. The maximum absolute atomic E-state index is 4.95. The zero-order chi connectivity index (χ0) is 6.41. The van der Waals surface area contributed by atoms with Gasteiger partial charge in [-0.3, -0.25) is 0 Å². The van der Waals surface area contributed by atoms with Crippen LogP contribution < -0.4 is 0 Å². The molecule has 0 atom stereocenters. The molecule has 0 rings (SSSR count). The van der Waals surface area contributed by atoms with Gasteiger partial charge in [0.25, 0.3) is 0 Å². The summed E-state index contributed by atoms with van der Waals surface area (Å²) < 4.78 is 0. The van der Waals surface area contributed by atoms with Crippen LogP contribution in [0.1, 0.15) is 26.7 Å². The fraction of sp³-hybridized carbons (Fsp3) is 0.625. The molecule has 0 aliphatic carbocycles. The smallest absolute Gasteiger partial charge is 0.0503 e. The first-order valence-electron chi connectivity index (χ1n) is 2.96. The Balaban J connectivity index is 3.01. The second kappa shape index (κ2) is 4.71. The van der Waals surface area contributed by atoms with Crippen molar-refractivity contribution in [3.8, 4) is 11.8 Å². The van der Waals surface area contributed by atoms with Crippen LogP contribution in [0.25, 0.3) is 0 Å². The van der Waals surface area contributed by atoms with Crippen molar-refractivity contribution >= 4 is 0 Å². The lowest BCUT2D eigenvalue weighted by Gasteiger charge is -1.95. The molecule has 2 radical (unpaired) electrons. The highest BCUT2D eigenvalue weighted by Crippen LogP contribution is 2.00. The molecule has 0 nitrogen and oxygen atoms in total. The van der Waals surface area contributed by atoms with Gasteiger partial charge in [0.15, 0.2) is 0 Å². The summed E-state index contributed by atoms with van der Waals surface area (Å²) in [5, 5.41) is 0. The third-order valence-corrected chi connectivity index (χ3v) is 0.949. The largest absolute Gasteiger partial charge is 0.103 e. The lowest BCUT2D eigenvalue weighted by Crippen LogP contribution is -1.83. The van der Waals surface area contributed by atoms with Gasteiger partial charge in [0.1, 0.15) is 0 Å². The predicted octanol–water partition coefficient (Wildman–Crippen LogP) is 2.14. The Hall–Kier alpha value is -0.440. The predicted molar refractivity (Wildman–Crippen MR) is 36.1 cm³/mol. The topological polar surface area (TPSA) is 0 Å². The van der Waals surface area contributed by atoms with Gasteiger partial charge in [-0.05, 0) is 12.3 Å². The minimum atomic E-state index is 0.746. The van der Waals surface area contributed by atoms with Crippen LogP contribution in [0.3, 0.4) is 0 Å². The molecule has 0 aliphatic rings. The van der Waals surface area contributed by atoms with Gasteiger partial charge in [-0.25, -0.2) is 0 Å². The first-order chi connectivity index (χ1) is 3.77. The average Bonchev–Trinajstić information content (AvgIpc) is 1.66. The van der Waals surface area contributed by atoms with Crippen LogP contribution in [-0.2, 0) is 0 Å². The van der Waals surface area contributed by atoms with Gasteiger partial charge in [-0.15, -0.1) is 5.92 Å². The van der Waals surface area contributed by atoms with Crippen molar-refractivity contribution in [3.63, 3.8) is 0 Å². The van der Waals surface area contributed by atoms with Crippen LogP contribution >= 0.6 is 0 Å². The van der Waals surface area contributed by atoms with Gasteiger partial charge in [0, 0.05) is 6.42 Å². The zero-order valence-electron chi connectivity index (χ0n) is 5.57. The molecule has 0 saturated carbocycles. The Morgan fingerprint density at radius 3 is 2.50 bits per heavy atom. The third-order valence-electron chi connectivity index (χ3n) is 0.949. The summed E-state index contributed by atoms with van der Waals surface area (Å²) in [4.78, 5) is 0. The zero-order valence-corrected chi connectivity index (χ0v) is 5.57. The van der Waals surface area contributed by atoms with Crippen molar-refractivity contribution in [1.82, 2.24) is 0 Å². The van der Waals surface area contributed by atoms with Crippen LogP contribution in [0.15, 0.2) is 0 Å². The molecule has 8 heavy (non-hydrogen) atoms. The molecule has 0 aliphatic heterocycles. The van der Waals surface area contributed by atoms with Crippen LogP contribution in [-0.4, -0.2) is 0 Å². The fourth-order valence-electron chi connectivity index (χ4n) is 0.433. The van der Waals surface area contributed by atoms with Gasteiger partial charge in [0.05, 0.1) is 6.92 Å².